The molecule has 1 heterocycles. The van der Waals surface area contributed by atoms with Crippen LogP contribution in [0.3, 0.4) is 0 Å². The molecule has 0 aliphatic carbocycles. The van der Waals surface area contributed by atoms with Gasteiger partial charge in [0, 0.05) is 19.4 Å². The van der Waals surface area contributed by atoms with Gasteiger partial charge in [0.05, 0.1) is 17.7 Å². The summed E-state index contributed by atoms with van der Waals surface area (Å²) in [7, 11) is 1.58. The molecule has 88 valence electrons. The Morgan fingerprint density at radius 3 is 2.69 bits per heavy atom. The van der Waals surface area contributed by atoms with Gasteiger partial charge < -0.3 is 15.0 Å². The minimum Gasteiger partial charge on any atom is -0.382 e. The second-order valence-electron chi connectivity index (χ2n) is 4.21. The zero-order valence-electron chi connectivity index (χ0n) is 9.66. The highest BCUT2D eigenvalue weighted by Gasteiger charge is 2.20. The summed E-state index contributed by atoms with van der Waals surface area (Å²) in [6, 6.07) is 2.80. The molecule has 0 radical (unpaired) electrons. The van der Waals surface area contributed by atoms with E-state index >= 15 is 0 Å². The summed E-state index contributed by atoms with van der Waals surface area (Å²) in [5.74, 6) is -0.238. The summed E-state index contributed by atoms with van der Waals surface area (Å²) >= 11 is 0. The second kappa shape index (κ2) is 4.94. The first kappa shape index (κ1) is 12.4. The largest absolute Gasteiger partial charge is 0.382 e. The Labute approximate surface area is 93.8 Å². The lowest BCUT2D eigenvalue weighted by atomic mass is 10.1. The number of aromatic amines is 1. The predicted molar refractivity (Wildman–Crippen MR) is 60.5 cm³/mol. The van der Waals surface area contributed by atoms with Crippen LogP contribution >= 0.6 is 0 Å². The Kier molecular flexibility index (Phi) is 3.84. The number of rotatable bonds is 4. The van der Waals surface area contributed by atoms with Crippen LogP contribution in [0.5, 0.6) is 0 Å². The number of methoxy groups -OCH3 is 1. The molecule has 1 rings (SSSR count). The van der Waals surface area contributed by atoms with Crippen molar-refractivity contribution in [3.8, 4) is 0 Å². The van der Waals surface area contributed by atoms with E-state index in [1.165, 1.54) is 18.3 Å². The van der Waals surface area contributed by atoms with Gasteiger partial charge in [-0.2, -0.15) is 0 Å². The zero-order chi connectivity index (χ0) is 12.2. The van der Waals surface area contributed by atoms with E-state index in [-0.39, 0.29) is 11.5 Å². The quantitative estimate of drug-likeness (QED) is 0.783. The van der Waals surface area contributed by atoms with E-state index < -0.39 is 5.54 Å². The summed E-state index contributed by atoms with van der Waals surface area (Å²) in [6.07, 6.45) is 1.39. The predicted octanol–water partition coefficient (Wildman–Crippen LogP) is 0.530. The molecule has 0 saturated carbocycles. The van der Waals surface area contributed by atoms with Crippen LogP contribution in [0.1, 0.15) is 24.2 Å². The SMILES string of the molecule is COCC(C)(C)NC(=O)c1ccc(=O)[nH]c1. The molecule has 5 heteroatoms. The first-order chi connectivity index (χ1) is 7.44. The molecule has 0 atom stereocenters. The van der Waals surface area contributed by atoms with E-state index in [0.29, 0.717) is 12.2 Å². The van der Waals surface area contributed by atoms with E-state index in [9.17, 15) is 9.59 Å². The third-order valence-electron chi connectivity index (χ3n) is 2.00. The van der Waals surface area contributed by atoms with Crippen LogP contribution in [-0.4, -0.2) is 30.1 Å². The molecule has 0 fully saturated rings. The van der Waals surface area contributed by atoms with E-state index in [0.717, 1.165) is 0 Å². The number of carbonyl (C=O) groups is 1. The van der Waals surface area contributed by atoms with Crippen molar-refractivity contribution in [2.24, 2.45) is 0 Å². The summed E-state index contributed by atoms with van der Waals surface area (Å²) < 4.78 is 4.99. The number of ether oxygens (including phenoxy) is 1. The standard InChI is InChI=1S/C11H16N2O3/c1-11(2,7-16-3)13-10(15)8-4-5-9(14)12-6-8/h4-6H,7H2,1-3H3,(H,12,14)(H,13,15). The number of nitrogens with one attached hydrogen (secondary N) is 2. The molecule has 2 N–H and O–H groups in total. The lowest BCUT2D eigenvalue weighted by Crippen LogP contribution is -2.46. The van der Waals surface area contributed by atoms with Gasteiger partial charge in [-0.15, -0.1) is 0 Å². The van der Waals surface area contributed by atoms with Gasteiger partial charge >= 0.3 is 0 Å². The Morgan fingerprint density at radius 1 is 1.50 bits per heavy atom. The number of H-pyrrole nitrogens is 1. The van der Waals surface area contributed by atoms with Crippen molar-refractivity contribution >= 4 is 5.91 Å². The molecule has 1 aromatic rings. The van der Waals surface area contributed by atoms with Crippen LogP contribution in [0, 0.1) is 0 Å². The van der Waals surface area contributed by atoms with Crippen molar-refractivity contribution < 1.29 is 9.53 Å². The third-order valence-corrected chi connectivity index (χ3v) is 2.00. The molecule has 0 spiro atoms. The summed E-state index contributed by atoms with van der Waals surface area (Å²) in [6.45, 7) is 4.14. The molecule has 1 aromatic heterocycles. The Morgan fingerprint density at radius 2 is 2.19 bits per heavy atom. The van der Waals surface area contributed by atoms with Crippen LogP contribution in [0.25, 0.3) is 0 Å². The van der Waals surface area contributed by atoms with E-state index in [2.05, 4.69) is 10.3 Å². The molecular weight excluding hydrogens is 208 g/mol. The van der Waals surface area contributed by atoms with Crippen molar-refractivity contribution in [3.05, 3.63) is 34.2 Å². The van der Waals surface area contributed by atoms with Gasteiger partial charge in [-0.3, -0.25) is 9.59 Å². The molecular formula is C11H16N2O3. The minimum atomic E-state index is -0.442. The summed E-state index contributed by atoms with van der Waals surface area (Å²) in [5, 5.41) is 2.81. The highest BCUT2D eigenvalue weighted by molar-refractivity contribution is 5.94. The summed E-state index contributed by atoms with van der Waals surface area (Å²) in [5.41, 5.74) is -0.251. The monoisotopic (exact) mass is 224 g/mol. The van der Waals surface area contributed by atoms with E-state index in [1.54, 1.807) is 7.11 Å². The van der Waals surface area contributed by atoms with Crippen LogP contribution in [0.2, 0.25) is 0 Å². The summed E-state index contributed by atoms with van der Waals surface area (Å²) in [4.78, 5) is 25.0. The molecule has 0 aromatic carbocycles. The maximum atomic E-state index is 11.8. The number of aromatic nitrogens is 1. The van der Waals surface area contributed by atoms with Crippen molar-refractivity contribution in [2.75, 3.05) is 13.7 Å². The van der Waals surface area contributed by atoms with Gasteiger partial charge in [0.15, 0.2) is 0 Å². The third kappa shape index (κ3) is 3.51. The fraction of sp³-hybridized carbons (Fsp3) is 0.455. The number of carbonyl (C=O) groups excluding carboxylic acids is 1. The molecule has 1 amide bonds. The van der Waals surface area contributed by atoms with Crippen molar-refractivity contribution in [2.45, 2.75) is 19.4 Å². The van der Waals surface area contributed by atoms with E-state index in [1.807, 2.05) is 13.8 Å². The number of hydrogen-bond donors (Lipinski definition) is 2. The normalized spacial score (nSPS) is 11.2. The maximum absolute atomic E-state index is 11.8. The topological polar surface area (TPSA) is 71.2 Å². The van der Waals surface area contributed by atoms with Crippen molar-refractivity contribution in [3.63, 3.8) is 0 Å². The van der Waals surface area contributed by atoms with Gasteiger partial charge in [-0.25, -0.2) is 0 Å². The Bertz CT molecular complexity index is 403. The number of pyridine rings is 1. The lowest BCUT2D eigenvalue weighted by Gasteiger charge is -2.25. The van der Waals surface area contributed by atoms with Crippen LogP contribution in [-0.2, 0) is 4.74 Å². The van der Waals surface area contributed by atoms with Gasteiger partial charge in [-0.1, -0.05) is 0 Å². The van der Waals surface area contributed by atoms with Crippen LogP contribution in [0.4, 0.5) is 0 Å². The zero-order valence-corrected chi connectivity index (χ0v) is 9.66. The smallest absolute Gasteiger partial charge is 0.253 e. The Hall–Kier alpha value is -1.62. The number of hydrogen-bond acceptors (Lipinski definition) is 3. The maximum Gasteiger partial charge on any atom is 0.253 e. The van der Waals surface area contributed by atoms with Gasteiger partial charge in [0.2, 0.25) is 5.56 Å². The molecule has 0 bridgehead atoms. The van der Waals surface area contributed by atoms with Crippen molar-refractivity contribution in [1.82, 2.24) is 10.3 Å². The van der Waals surface area contributed by atoms with E-state index in [4.69, 9.17) is 4.74 Å². The fourth-order valence-corrected chi connectivity index (χ4v) is 1.33. The Balaban J connectivity index is 2.72. The highest BCUT2D eigenvalue weighted by atomic mass is 16.5. The molecule has 0 unspecified atom stereocenters. The highest BCUT2D eigenvalue weighted by Crippen LogP contribution is 2.04. The van der Waals surface area contributed by atoms with Gasteiger partial charge in [-0.05, 0) is 19.9 Å². The van der Waals surface area contributed by atoms with Gasteiger partial charge in [0.25, 0.3) is 5.91 Å². The molecule has 16 heavy (non-hydrogen) atoms. The minimum absolute atomic E-state index is 0.229. The van der Waals surface area contributed by atoms with Gasteiger partial charge in [0.1, 0.15) is 0 Å². The molecule has 0 saturated heterocycles. The second-order valence-corrected chi connectivity index (χ2v) is 4.21. The molecule has 5 nitrogen and oxygen atoms in total. The van der Waals surface area contributed by atoms with Crippen LogP contribution in [0.15, 0.2) is 23.1 Å². The average molecular weight is 224 g/mol. The lowest BCUT2D eigenvalue weighted by molar-refractivity contribution is 0.0819. The first-order valence-corrected chi connectivity index (χ1v) is 4.95. The fourth-order valence-electron chi connectivity index (χ4n) is 1.33. The molecule has 0 aliphatic rings. The average Bonchev–Trinajstić information content (AvgIpc) is 2.17. The van der Waals surface area contributed by atoms with Crippen LogP contribution < -0.4 is 10.9 Å². The molecule has 0 aliphatic heterocycles. The van der Waals surface area contributed by atoms with Crippen molar-refractivity contribution in [1.29, 1.82) is 0 Å². The number of amides is 1. The first-order valence-electron chi connectivity index (χ1n) is 4.95.